The molecule has 0 unspecified atom stereocenters. The van der Waals surface area contributed by atoms with Crippen LogP contribution in [-0.4, -0.2) is 17.6 Å². The molecule has 1 nitrogen and oxygen atoms in total. The maximum atomic E-state index is 4.71. The van der Waals surface area contributed by atoms with Crippen molar-refractivity contribution in [3.63, 3.8) is 0 Å². The predicted molar refractivity (Wildman–Crippen MR) is 35.2 cm³/mol. The first-order valence-corrected chi connectivity index (χ1v) is 3.20. The van der Waals surface area contributed by atoms with Crippen LogP contribution in [0.25, 0.3) is 0 Å². The van der Waals surface area contributed by atoms with Gasteiger partial charge in [-0.25, -0.2) is 0 Å². The summed E-state index contributed by atoms with van der Waals surface area (Å²) in [4.78, 5) is 0. The molecular formula is C3H7LaNS2. The number of thiocarbonyl (C=S) groups is 1. The average molecular weight is 260 g/mol. The van der Waals surface area contributed by atoms with Crippen LogP contribution in [0.15, 0.2) is 0 Å². The van der Waals surface area contributed by atoms with Crippen LogP contribution >= 0.6 is 24.0 Å². The van der Waals surface area contributed by atoms with E-state index in [1.54, 1.807) is 11.8 Å². The van der Waals surface area contributed by atoms with Gasteiger partial charge in [0.2, 0.25) is 0 Å². The van der Waals surface area contributed by atoms with Gasteiger partial charge in [-0.1, -0.05) is 12.2 Å². The van der Waals surface area contributed by atoms with E-state index >= 15 is 0 Å². The Hall–Kier alpha value is 1.43. The van der Waals surface area contributed by atoms with Crippen molar-refractivity contribution < 1.29 is 35.6 Å². The van der Waals surface area contributed by atoms with E-state index in [4.69, 9.17) is 12.2 Å². The van der Waals surface area contributed by atoms with E-state index in [-0.39, 0.29) is 35.6 Å². The molecular weight excluding hydrogens is 253 g/mol. The minimum Gasteiger partial charge on any atom is -0.374 e. The smallest absolute Gasteiger partial charge is 0.133 e. The maximum absolute atomic E-state index is 4.71. The number of hydrogen-bond donors (Lipinski definition) is 1. The van der Waals surface area contributed by atoms with Crippen LogP contribution in [0.1, 0.15) is 0 Å². The Balaban J connectivity index is 0. The first-order chi connectivity index (χ1) is 2.81. The zero-order valence-corrected chi connectivity index (χ0v) is 9.65. The maximum Gasteiger partial charge on any atom is 0.133 e. The van der Waals surface area contributed by atoms with E-state index in [1.807, 2.05) is 13.3 Å². The molecule has 39 valence electrons. The monoisotopic (exact) mass is 260 g/mol. The van der Waals surface area contributed by atoms with Crippen molar-refractivity contribution in [3.8, 4) is 0 Å². The summed E-state index contributed by atoms with van der Waals surface area (Å²) in [5.74, 6) is 0. The van der Waals surface area contributed by atoms with Crippen molar-refractivity contribution in [2.75, 3.05) is 13.3 Å². The molecule has 0 saturated carbocycles. The summed E-state index contributed by atoms with van der Waals surface area (Å²) in [6.45, 7) is 0. The Morgan fingerprint density at radius 3 is 2.14 bits per heavy atom. The van der Waals surface area contributed by atoms with Crippen LogP contribution in [-0.2, 0) is 0 Å². The Kier molecular flexibility index (Phi) is 12.0. The molecule has 1 radical (unpaired) electrons. The Morgan fingerprint density at radius 2 is 2.14 bits per heavy atom. The van der Waals surface area contributed by atoms with Crippen LogP contribution in [0, 0.1) is 35.6 Å². The van der Waals surface area contributed by atoms with Gasteiger partial charge in [-0.05, 0) is 6.26 Å². The summed E-state index contributed by atoms with van der Waals surface area (Å²) >= 11 is 6.25. The molecule has 0 saturated heterocycles. The van der Waals surface area contributed by atoms with Crippen molar-refractivity contribution >= 4 is 28.3 Å². The van der Waals surface area contributed by atoms with Crippen LogP contribution in [0.5, 0.6) is 0 Å². The standard InChI is InChI=1S/C3H7NS2.La/c1-4-3(5)6-2;/h1-2H3,(H,4,5);. The second-order valence-corrected chi connectivity index (χ2v) is 2.22. The molecule has 0 spiro atoms. The first-order valence-electron chi connectivity index (χ1n) is 1.57. The third-order valence-corrected chi connectivity index (χ3v) is 1.67. The topological polar surface area (TPSA) is 12.0 Å². The van der Waals surface area contributed by atoms with E-state index in [1.165, 1.54) is 0 Å². The summed E-state index contributed by atoms with van der Waals surface area (Å²) in [6.07, 6.45) is 1.94. The molecule has 4 heteroatoms. The molecule has 0 atom stereocenters. The van der Waals surface area contributed by atoms with Crippen molar-refractivity contribution in [2.24, 2.45) is 0 Å². The van der Waals surface area contributed by atoms with Crippen LogP contribution in [0.4, 0.5) is 0 Å². The van der Waals surface area contributed by atoms with Crippen molar-refractivity contribution in [3.05, 3.63) is 0 Å². The Bertz CT molecular complexity index is 50.9. The first kappa shape index (κ1) is 11.3. The van der Waals surface area contributed by atoms with Gasteiger partial charge in [-0.3, -0.25) is 0 Å². The Morgan fingerprint density at radius 1 is 1.71 bits per heavy atom. The van der Waals surface area contributed by atoms with E-state index in [9.17, 15) is 0 Å². The summed E-state index contributed by atoms with van der Waals surface area (Å²) in [5.41, 5.74) is 0. The fraction of sp³-hybridized carbons (Fsp3) is 0.667. The second-order valence-electron chi connectivity index (χ2n) is 0.742. The molecule has 0 aliphatic heterocycles. The van der Waals surface area contributed by atoms with E-state index in [0.717, 1.165) is 4.32 Å². The third-order valence-electron chi connectivity index (χ3n) is 0.390. The number of hydrogen-bond acceptors (Lipinski definition) is 2. The molecule has 0 aromatic carbocycles. The van der Waals surface area contributed by atoms with Gasteiger partial charge >= 0.3 is 0 Å². The van der Waals surface area contributed by atoms with Gasteiger partial charge < -0.3 is 5.32 Å². The zero-order valence-electron chi connectivity index (χ0n) is 4.39. The molecule has 0 aliphatic carbocycles. The molecule has 0 aromatic heterocycles. The summed E-state index contributed by atoms with van der Waals surface area (Å²) in [5, 5.41) is 2.81. The summed E-state index contributed by atoms with van der Waals surface area (Å²) in [7, 11) is 1.82. The SMILES string of the molecule is CNC(=S)SC.[La]. The molecule has 0 bridgehead atoms. The van der Waals surface area contributed by atoms with Gasteiger partial charge in [-0.15, -0.1) is 11.8 Å². The Labute approximate surface area is 81.6 Å². The molecule has 0 fully saturated rings. The van der Waals surface area contributed by atoms with Gasteiger partial charge in [0.05, 0.1) is 0 Å². The zero-order chi connectivity index (χ0) is 4.99. The number of rotatable bonds is 0. The normalized spacial score (nSPS) is 6.57. The predicted octanol–water partition coefficient (Wildman–Crippen LogP) is 0.854. The fourth-order valence-electron chi connectivity index (χ4n) is 0.102. The van der Waals surface area contributed by atoms with Gasteiger partial charge in [0, 0.05) is 42.6 Å². The van der Waals surface area contributed by atoms with Crippen molar-refractivity contribution in [1.29, 1.82) is 0 Å². The van der Waals surface area contributed by atoms with E-state index < -0.39 is 0 Å². The van der Waals surface area contributed by atoms with Gasteiger partial charge in [0.15, 0.2) is 0 Å². The van der Waals surface area contributed by atoms with E-state index in [2.05, 4.69) is 5.32 Å². The van der Waals surface area contributed by atoms with Crippen LogP contribution in [0.2, 0.25) is 0 Å². The molecule has 7 heavy (non-hydrogen) atoms. The molecule has 0 rings (SSSR count). The summed E-state index contributed by atoms with van der Waals surface area (Å²) < 4.78 is 0.843. The minimum absolute atomic E-state index is 0. The van der Waals surface area contributed by atoms with Gasteiger partial charge in [0.25, 0.3) is 0 Å². The number of thioether (sulfide) groups is 1. The minimum atomic E-state index is 0. The second kappa shape index (κ2) is 7.43. The van der Waals surface area contributed by atoms with Crippen LogP contribution in [0.3, 0.4) is 0 Å². The molecule has 0 heterocycles. The third kappa shape index (κ3) is 7.43. The van der Waals surface area contributed by atoms with Gasteiger partial charge in [-0.2, -0.15) is 0 Å². The molecule has 1 N–H and O–H groups in total. The molecule has 0 amide bonds. The van der Waals surface area contributed by atoms with E-state index in [0.29, 0.717) is 0 Å². The molecule has 0 aliphatic rings. The average Bonchev–Trinajstić information content (AvgIpc) is 1.65. The van der Waals surface area contributed by atoms with Crippen molar-refractivity contribution in [2.45, 2.75) is 0 Å². The van der Waals surface area contributed by atoms with Crippen molar-refractivity contribution in [1.82, 2.24) is 5.32 Å². The number of nitrogens with one attached hydrogen (secondary N) is 1. The summed E-state index contributed by atoms with van der Waals surface area (Å²) in [6, 6.07) is 0. The van der Waals surface area contributed by atoms with Gasteiger partial charge in [0.1, 0.15) is 4.32 Å². The largest absolute Gasteiger partial charge is 0.374 e. The quantitative estimate of drug-likeness (QED) is 0.649. The fourth-order valence-corrected chi connectivity index (χ4v) is 0.306. The van der Waals surface area contributed by atoms with Crippen LogP contribution < -0.4 is 5.32 Å². The molecule has 0 aromatic rings.